The zero-order valence-corrected chi connectivity index (χ0v) is 9.69. The quantitative estimate of drug-likeness (QED) is 0.837. The molecule has 0 aliphatic carbocycles. The summed E-state index contributed by atoms with van der Waals surface area (Å²) >= 11 is 0. The van der Waals surface area contributed by atoms with Crippen molar-refractivity contribution < 1.29 is 18.0 Å². The largest absolute Gasteiger partial charge is 0.417 e. The fourth-order valence-electron chi connectivity index (χ4n) is 1.91. The molecule has 0 fully saturated rings. The van der Waals surface area contributed by atoms with Crippen molar-refractivity contribution in [2.24, 2.45) is 4.99 Å². The molecule has 0 atom stereocenters. The van der Waals surface area contributed by atoms with Gasteiger partial charge in [0.25, 0.3) is 5.91 Å². The fraction of sp³-hybridized carbons (Fsp3) is 0.0909. The van der Waals surface area contributed by atoms with Gasteiger partial charge in [0.05, 0.1) is 11.3 Å². The van der Waals surface area contributed by atoms with E-state index in [4.69, 9.17) is 0 Å². The first-order chi connectivity index (χ1) is 9.47. The lowest BCUT2D eigenvalue weighted by Gasteiger charge is -2.10. The molecule has 0 bridgehead atoms. The van der Waals surface area contributed by atoms with Crippen LogP contribution < -0.4 is 5.32 Å². The highest BCUT2D eigenvalue weighted by Crippen LogP contribution is 2.38. The Labute approximate surface area is 109 Å². The van der Waals surface area contributed by atoms with E-state index in [-0.39, 0.29) is 22.9 Å². The molecular weight excluding hydrogens is 275 g/mol. The minimum Gasteiger partial charge on any atom is -0.320 e. The molecule has 0 unspecified atom stereocenters. The molecule has 6 nitrogen and oxygen atoms in total. The molecule has 1 aliphatic heterocycles. The van der Waals surface area contributed by atoms with E-state index in [0.717, 1.165) is 12.4 Å². The van der Waals surface area contributed by atoms with E-state index in [1.165, 1.54) is 12.1 Å². The number of aliphatic imine (C=N–C) groups is 1. The van der Waals surface area contributed by atoms with E-state index in [1.54, 1.807) is 0 Å². The molecule has 1 aromatic heterocycles. The van der Waals surface area contributed by atoms with Crippen LogP contribution in [0.25, 0.3) is 0 Å². The lowest BCUT2D eigenvalue weighted by Crippen LogP contribution is -2.17. The fourth-order valence-corrected chi connectivity index (χ4v) is 1.91. The first kappa shape index (κ1) is 12.3. The molecule has 0 spiro atoms. The Morgan fingerprint density at radius 3 is 2.70 bits per heavy atom. The van der Waals surface area contributed by atoms with Crippen LogP contribution in [0.3, 0.4) is 0 Å². The maximum atomic E-state index is 13.0. The number of anilines is 1. The third kappa shape index (κ3) is 1.92. The van der Waals surface area contributed by atoms with Crippen molar-refractivity contribution in [3.05, 3.63) is 35.7 Å². The topological polar surface area (TPSA) is 83.0 Å². The van der Waals surface area contributed by atoms with Gasteiger partial charge >= 0.3 is 6.18 Å². The second-order valence-electron chi connectivity index (χ2n) is 3.95. The molecule has 1 aromatic carbocycles. The minimum atomic E-state index is -4.58. The number of amides is 1. The van der Waals surface area contributed by atoms with Crippen molar-refractivity contribution in [1.82, 2.24) is 15.2 Å². The van der Waals surface area contributed by atoms with Gasteiger partial charge < -0.3 is 5.32 Å². The van der Waals surface area contributed by atoms with Gasteiger partial charge in [0, 0.05) is 5.56 Å². The van der Waals surface area contributed by atoms with Crippen LogP contribution in [0.5, 0.6) is 0 Å². The number of rotatable bonds is 1. The summed E-state index contributed by atoms with van der Waals surface area (Å²) in [5.74, 6) is -0.756. The number of aromatic amines is 1. The summed E-state index contributed by atoms with van der Waals surface area (Å²) in [6.45, 7) is 0. The summed E-state index contributed by atoms with van der Waals surface area (Å²) in [7, 11) is 0. The van der Waals surface area contributed by atoms with E-state index >= 15 is 0 Å². The standard InChI is InChI=1S/C11H6F3N5O/c12-11(13,14)5-2-1-3-6-7(5)8(9(20)17-6)18-10-15-4-16-19-10/h1-4H,(H2,15,16,17,18,19,20). The number of nitrogens with zero attached hydrogens (tertiary/aromatic N) is 3. The van der Waals surface area contributed by atoms with Gasteiger partial charge in [0.2, 0.25) is 5.95 Å². The van der Waals surface area contributed by atoms with Crippen LogP contribution in [0.15, 0.2) is 29.5 Å². The van der Waals surface area contributed by atoms with Crippen molar-refractivity contribution >= 4 is 23.3 Å². The molecule has 0 saturated heterocycles. The molecule has 2 heterocycles. The van der Waals surface area contributed by atoms with Crippen LogP contribution in [0.4, 0.5) is 24.8 Å². The van der Waals surface area contributed by atoms with Crippen LogP contribution in [0.1, 0.15) is 11.1 Å². The maximum Gasteiger partial charge on any atom is 0.417 e. The van der Waals surface area contributed by atoms with Crippen LogP contribution in [0, 0.1) is 0 Å². The van der Waals surface area contributed by atoms with Crippen LogP contribution >= 0.6 is 0 Å². The van der Waals surface area contributed by atoms with Gasteiger partial charge in [-0.2, -0.15) is 23.3 Å². The highest BCUT2D eigenvalue weighted by molar-refractivity contribution is 6.54. The number of benzene rings is 1. The lowest BCUT2D eigenvalue weighted by atomic mass is 10.0. The Morgan fingerprint density at radius 2 is 2.05 bits per heavy atom. The highest BCUT2D eigenvalue weighted by Gasteiger charge is 2.40. The van der Waals surface area contributed by atoms with E-state index in [9.17, 15) is 18.0 Å². The van der Waals surface area contributed by atoms with Crippen molar-refractivity contribution in [3.8, 4) is 0 Å². The number of hydrogen-bond acceptors (Lipinski definition) is 4. The number of nitrogens with one attached hydrogen (secondary N) is 2. The molecule has 0 saturated carbocycles. The third-order valence-corrected chi connectivity index (χ3v) is 2.69. The number of alkyl halides is 3. The molecule has 9 heteroatoms. The summed E-state index contributed by atoms with van der Waals surface area (Å²) in [6.07, 6.45) is -3.44. The van der Waals surface area contributed by atoms with E-state index in [1.807, 2.05) is 0 Å². The molecule has 3 rings (SSSR count). The Hall–Kier alpha value is -2.71. The lowest BCUT2D eigenvalue weighted by molar-refractivity contribution is -0.137. The first-order valence-corrected chi connectivity index (χ1v) is 5.43. The summed E-state index contributed by atoms with van der Waals surface area (Å²) in [6, 6.07) is 3.50. The van der Waals surface area contributed by atoms with E-state index < -0.39 is 17.6 Å². The Bertz CT molecular complexity index is 705. The van der Waals surface area contributed by atoms with Crippen LogP contribution in [-0.2, 0) is 11.0 Å². The molecule has 1 aliphatic rings. The van der Waals surface area contributed by atoms with Crippen molar-refractivity contribution in [1.29, 1.82) is 0 Å². The molecule has 20 heavy (non-hydrogen) atoms. The van der Waals surface area contributed by atoms with Crippen molar-refractivity contribution in [2.75, 3.05) is 5.32 Å². The molecule has 1 amide bonds. The number of fused-ring (bicyclic) bond motifs is 1. The number of carbonyl (C=O) groups excluding carboxylic acids is 1. The summed E-state index contributed by atoms with van der Waals surface area (Å²) in [5.41, 5.74) is -1.47. The van der Waals surface area contributed by atoms with Gasteiger partial charge in [0.15, 0.2) is 0 Å². The second-order valence-corrected chi connectivity index (χ2v) is 3.95. The van der Waals surface area contributed by atoms with Gasteiger partial charge in [0.1, 0.15) is 12.0 Å². The summed E-state index contributed by atoms with van der Waals surface area (Å²) in [5, 5.41) is 8.22. The second kappa shape index (κ2) is 4.15. The maximum absolute atomic E-state index is 13.0. The number of halogens is 3. The van der Waals surface area contributed by atoms with E-state index in [0.29, 0.717) is 0 Å². The summed E-state index contributed by atoms with van der Waals surface area (Å²) in [4.78, 5) is 19.2. The van der Waals surface area contributed by atoms with Crippen molar-refractivity contribution in [3.63, 3.8) is 0 Å². The van der Waals surface area contributed by atoms with Gasteiger partial charge in [-0.25, -0.2) is 10.1 Å². The monoisotopic (exact) mass is 281 g/mol. The van der Waals surface area contributed by atoms with Gasteiger partial charge in [-0.3, -0.25) is 4.79 Å². The van der Waals surface area contributed by atoms with Crippen molar-refractivity contribution in [2.45, 2.75) is 6.18 Å². The molecule has 2 aromatic rings. The Balaban J connectivity index is 2.21. The smallest absolute Gasteiger partial charge is 0.320 e. The normalized spacial score (nSPS) is 16.4. The average Bonchev–Trinajstić information content (AvgIpc) is 2.97. The number of carbonyl (C=O) groups is 1. The molecular formula is C11H6F3N5O. The minimum absolute atomic E-state index is 0.0417. The zero-order chi connectivity index (χ0) is 14.3. The number of hydrogen-bond donors (Lipinski definition) is 2. The number of H-pyrrole nitrogens is 1. The first-order valence-electron chi connectivity index (χ1n) is 5.43. The zero-order valence-electron chi connectivity index (χ0n) is 9.69. The molecule has 2 N–H and O–H groups in total. The van der Waals surface area contributed by atoms with Gasteiger partial charge in [-0.05, 0) is 12.1 Å². The van der Waals surface area contributed by atoms with Gasteiger partial charge in [-0.15, -0.1) is 0 Å². The Morgan fingerprint density at radius 1 is 1.25 bits per heavy atom. The predicted molar refractivity (Wildman–Crippen MR) is 62.7 cm³/mol. The average molecular weight is 281 g/mol. The molecule has 0 radical (unpaired) electrons. The SMILES string of the molecule is O=C1Nc2cccc(C(F)(F)F)c2/C1=N/c1ncn[nH]1. The van der Waals surface area contributed by atoms with Crippen LogP contribution in [-0.4, -0.2) is 26.8 Å². The van der Waals surface area contributed by atoms with Crippen LogP contribution in [0.2, 0.25) is 0 Å². The predicted octanol–water partition coefficient (Wildman–Crippen LogP) is 1.90. The summed E-state index contributed by atoms with van der Waals surface area (Å²) < 4.78 is 39.0. The number of aromatic nitrogens is 3. The molecule has 102 valence electrons. The van der Waals surface area contributed by atoms with E-state index in [2.05, 4.69) is 25.5 Å². The Kier molecular flexibility index (Phi) is 2.56. The van der Waals surface area contributed by atoms with Gasteiger partial charge in [-0.1, -0.05) is 6.07 Å². The third-order valence-electron chi connectivity index (χ3n) is 2.69. The highest BCUT2D eigenvalue weighted by atomic mass is 19.4.